The van der Waals surface area contributed by atoms with Crippen LogP contribution in [-0.4, -0.2) is 34.8 Å². The van der Waals surface area contributed by atoms with E-state index in [1.54, 1.807) is 6.92 Å². The number of oxazole rings is 1. The Labute approximate surface area is 179 Å². The molecule has 1 aromatic carbocycles. The molecule has 0 bridgehead atoms. The van der Waals surface area contributed by atoms with Crippen LogP contribution in [0, 0.1) is 0 Å². The highest BCUT2D eigenvalue weighted by molar-refractivity contribution is 5.95. The molecule has 0 spiro atoms. The molecule has 1 aromatic heterocycles. The number of nitrogens with zero attached hydrogens (tertiary/aromatic N) is 2. The second-order valence-corrected chi connectivity index (χ2v) is 6.90. The van der Waals surface area contributed by atoms with E-state index in [0.717, 1.165) is 11.2 Å². The largest absolute Gasteiger partial charge is 0.446 e. The van der Waals surface area contributed by atoms with Crippen molar-refractivity contribution >= 4 is 11.8 Å². The molecular formula is C20H21F6N3O3. The Kier molecular flexibility index (Phi) is 7.92. The molecule has 0 aliphatic carbocycles. The Balaban J connectivity index is 2.34. The third-order valence-corrected chi connectivity index (χ3v) is 4.26. The summed E-state index contributed by atoms with van der Waals surface area (Å²) < 4.78 is 83.8. The molecule has 0 aliphatic heterocycles. The maximum atomic E-state index is 13.1. The van der Waals surface area contributed by atoms with Gasteiger partial charge in [0, 0.05) is 18.7 Å². The standard InChI is InChI=1S/C20H21F6N3O3/c1-3-5-27-17(30)15-11-32-16(28-15)10-29(6-4-2)18(31)12-7-13(19(21,22)23)9-14(8-12)20(24,25)26/h7-9,11H,3-6,10H2,1-2H3,(H,27,30). The van der Waals surface area contributed by atoms with E-state index in [1.807, 2.05) is 6.92 Å². The molecule has 2 amide bonds. The highest BCUT2D eigenvalue weighted by Gasteiger charge is 2.38. The van der Waals surface area contributed by atoms with Crippen LogP contribution >= 0.6 is 0 Å². The Hall–Kier alpha value is -3.05. The summed E-state index contributed by atoms with van der Waals surface area (Å²) in [5.41, 5.74) is -4.00. The van der Waals surface area contributed by atoms with E-state index in [4.69, 9.17) is 4.42 Å². The molecular weight excluding hydrogens is 444 g/mol. The number of hydrogen-bond acceptors (Lipinski definition) is 4. The first-order chi connectivity index (χ1) is 14.9. The maximum absolute atomic E-state index is 13.1. The molecule has 2 rings (SSSR count). The average Bonchev–Trinajstić information content (AvgIpc) is 3.18. The quantitative estimate of drug-likeness (QED) is 0.563. The second-order valence-electron chi connectivity index (χ2n) is 6.90. The van der Waals surface area contributed by atoms with Crippen molar-refractivity contribution in [2.45, 2.75) is 45.6 Å². The van der Waals surface area contributed by atoms with E-state index in [2.05, 4.69) is 10.3 Å². The van der Waals surface area contributed by atoms with Crippen LogP contribution in [0.3, 0.4) is 0 Å². The topological polar surface area (TPSA) is 75.4 Å². The highest BCUT2D eigenvalue weighted by Crippen LogP contribution is 2.36. The van der Waals surface area contributed by atoms with Crippen LogP contribution < -0.4 is 5.32 Å². The molecule has 6 nitrogen and oxygen atoms in total. The van der Waals surface area contributed by atoms with Gasteiger partial charge in [-0.1, -0.05) is 13.8 Å². The summed E-state index contributed by atoms with van der Waals surface area (Å²) in [5.74, 6) is -1.65. The second kappa shape index (κ2) is 10.0. The normalized spacial score (nSPS) is 12.0. The number of halogens is 6. The molecule has 1 heterocycles. The Morgan fingerprint density at radius 3 is 2.09 bits per heavy atom. The van der Waals surface area contributed by atoms with E-state index >= 15 is 0 Å². The summed E-state index contributed by atoms with van der Waals surface area (Å²) in [7, 11) is 0. The number of rotatable bonds is 8. The number of amides is 2. The minimum absolute atomic E-state index is 0.0101. The first-order valence-corrected chi connectivity index (χ1v) is 9.68. The number of hydrogen-bond donors (Lipinski definition) is 1. The molecule has 0 unspecified atom stereocenters. The SMILES string of the molecule is CCCNC(=O)c1coc(CN(CCC)C(=O)c2cc(C(F)(F)F)cc(C(F)(F)F)c2)n1. The van der Waals surface area contributed by atoms with Crippen LogP contribution in [0.25, 0.3) is 0 Å². The molecule has 0 fully saturated rings. The van der Waals surface area contributed by atoms with E-state index in [-0.39, 0.29) is 30.7 Å². The number of carbonyl (C=O) groups is 2. The third kappa shape index (κ3) is 6.47. The maximum Gasteiger partial charge on any atom is 0.416 e. The zero-order valence-corrected chi connectivity index (χ0v) is 17.2. The predicted octanol–water partition coefficient (Wildman–Crippen LogP) is 4.90. The summed E-state index contributed by atoms with van der Waals surface area (Å²) in [6, 6.07) is 0.703. The van der Waals surface area contributed by atoms with Crippen molar-refractivity contribution in [1.82, 2.24) is 15.2 Å². The van der Waals surface area contributed by atoms with Gasteiger partial charge < -0.3 is 14.6 Å². The van der Waals surface area contributed by atoms with Gasteiger partial charge in [0.15, 0.2) is 5.69 Å². The van der Waals surface area contributed by atoms with E-state index in [1.165, 1.54) is 0 Å². The van der Waals surface area contributed by atoms with Gasteiger partial charge in [-0.3, -0.25) is 9.59 Å². The Morgan fingerprint density at radius 1 is 1.00 bits per heavy atom. The Morgan fingerprint density at radius 2 is 1.59 bits per heavy atom. The number of carbonyl (C=O) groups excluding carboxylic acids is 2. The van der Waals surface area contributed by atoms with Crippen LogP contribution in [0.1, 0.15) is 64.6 Å². The number of nitrogens with one attached hydrogen (secondary N) is 1. The molecule has 176 valence electrons. The third-order valence-electron chi connectivity index (χ3n) is 4.26. The zero-order chi connectivity index (χ0) is 24.1. The van der Waals surface area contributed by atoms with Gasteiger partial charge in [-0.05, 0) is 31.0 Å². The lowest BCUT2D eigenvalue weighted by Crippen LogP contribution is -2.32. The fourth-order valence-electron chi connectivity index (χ4n) is 2.76. The van der Waals surface area contributed by atoms with Crippen LogP contribution in [0.15, 0.2) is 28.9 Å². The van der Waals surface area contributed by atoms with E-state index in [0.29, 0.717) is 31.5 Å². The molecule has 1 N–H and O–H groups in total. The molecule has 0 aliphatic rings. The molecule has 0 saturated heterocycles. The fourth-order valence-corrected chi connectivity index (χ4v) is 2.76. The zero-order valence-electron chi connectivity index (χ0n) is 17.2. The number of alkyl halides is 6. The lowest BCUT2D eigenvalue weighted by Gasteiger charge is -2.22. The summed E-state index contributed by atoms with van der Waals surface area (Å²) in [6.07, 6.45) is -8.04. The van der Waals surface area contributed by atoms with Gasteiger partial charge in [-0.2, -0.15) is 26.3 Å². The summed E-state index contributed by atoms with van der Waals surface area (Å²) >= 11 is 0. The molecule has 0 atom stereocenters. The first kappa shape index (κ1) is 25.2. The van der Waals surface area contributed by atoms with E-state index < -0.39 is 40.9 Å². The molecule has 0 radical (unpaired) electrons. The van der Waals surface area contributed by atoms with Crippen molar-refractivity contribution < 1.29 is 40.3 Å². The predicted molar refractivity (Wildman–Crippen MR) is 101 cm³/mol. The van der Waals surface area contributed by atoms with Gasteiger partial charge in [0.05, 0.1) is 17.7 Å². The number of aromatic nitrogens is 1. The summed E-state index contributed by atoms with van der Waals surface area (Å²) in [6.45, 7) is 3.59. The fraction of sp³-hybridized carbons (Fsp3) is 0.450. The average molecular weight is 465 g/mol. The lowest BCUT2D eigenvalue weighted by molar-refractivity contribution is -0.143. The van der Waals surface area contributed by atoms with Gasteiger partial charge in [0.2, 0.25) is 5.89 Å². The van der Waals surface area contributed by atoms with Crippen molar-refractivity contribution in [1.29, 1.82) is 0 Å². The lowest BCUT2D eigenvalue weighted by atomic mass is 10.0. The van der Waals surface area contributed by atoms with Gasteiger partial charge in [0.25, 0.3) is 11.8 Å². The van der Waals surface area contributed by atoms with Crippen LogP contribution in [0.4, 0.5) is 26.3 Å². The van der Waals surface area contributed by atoms with Crippen molar-refractivity contribution in [3.05, 3.63) is 52.7 Å². The monoisotopic (exact) mass is 465 g/mol. The smallest absolute Gasteiger partial charge is 0.416 e. The molecule has 2 aromatic rings. The van der Waals surface area contributed by atoms with Crippen molar-refractivity contribution in [2.24, 2.45) is 0 Å². The number of benzene rings is 1. The molecule has 32 heavy (non-hydrogen) atoms. The first-order valence-electron chi connectivity index (χ1n) is 9.68. The Bertz CT molecular complexity index is 921. The van der Waals surface area contributed by atoms with Gasteiger partial charge in [-0.15, -0.1) is 0 Å². The van der Waals surface area contributed by atoms with Crippen LogP contribution in [0.5, 0.6) is 0 Å². The van der Waals surface area contributed by atoms with Gasteiger partial charge in [0.1, 0.15) is 6.26 Å². The van der Waals surface area contributed by atoms with Crippen molar-refractivity contribution in [3.63, 3.8) is 0 Å². The van der Waals surface area contributed by atoms with Crippen molar-refractivity contribution in [2.75, 3.05) is 13.1 Å². The van der Waals surface area contributed by atoms with Crippen LogP contribution in [-0.2, 0) is 18.9 Å². The molecule has 12 heteroatoms. The van der Waals surface area contributed by atoms with Crippen molar-refractivity contribution in [3.8, 4) is 0 Å². The van der Waals surface area contributed by atoms with Gasteiger partial charge >= 0.3 is 12.4 Å². The highest BCUT2D eigenvalue weighted by atomic mass is 19.4. The minimum atomic E-state index is -5.07. The van der Waals surface area contributed by atoms with Gasteiger partial charge in [-0.25, -0.2) is 4.98 Å². The molecule has 0 saturated carbocycles. The van der Waals surface area contributed by atoms with Crippen LogP contribution in [0.2, 0.25) is 0 Å². The van der Waals surface area contributed by atoms with E-state index in [9.17, 15) is 35.9 Å². The summed E-state index contributed by atoms with van der Waals surface area (Å²) in [5, 5.41) is 2.57. The summed E-state index contributed by atoms with van der Waals surface area (Å²) in [4.78, 5) is 29.7. The minimum Gasteiger partial charge on any atom is -0.446 e.